The van der Waals surface area contributed by atoms with Gasteiger partial charge < -0.3 is 4.79 Å². The van der Waals surface area contributed by atoms with Crippen molar-refractivity contribution in [3.05, 3.63) is 34.9 Å². The third-order valence-corrected chi connectivity index (χ3v) is 4.54. The summed E-state index contributed by atoms with van der Waals surface area (Å²) in [5, 5.41) is 0. The predicted octanol–water partition coefficient (Wildman–Crippen LogP) is 6.56. The van der Waals surface area contributed by atoms with Gasteiger partial charge in [-0.2, -0.15) is 0 Å². The van der Waals surface area contributed by atoms with E-state index < -0.39 is 0 Å². The van der Waals surface area contributed by atoms with Crippen molar-refractivity contribution >= 4 is 6.29 Å². The molecule has 1 atom stereocenters. The van der Waals surface area contributed by atoms with E-state index in [4.69, 9.17) is 0 Å². The average Bonchev–Trinajstić information content (AvgIpc) is 2.47. The molecule has 0 amide bonds. The smallest absolute Gasteiger partial charge is 0.119 e. The van der Waals surface area contributed by atoms with Crippen LogP contribution in [0.2, 0.25) is 0 Å². The van der Waals surface area contributed by atoms with Gasteiger partial charge in [0.25, 0.3) is 0 Å². The molecule has 0 aromatic carbocycles. The van der Waals surface area contributed by atoms with Crippen molar-refractivity contribution < 1.29 is 4.79 Å². The van der Waals surface area contributed by atoms with Crippen molar-refractivity contribution in [1.29, 1.82) is 0 Å². The third-order valence-electron chi connectivity index (χ3n) is 4.54. The zero-order valence-electron chi connectivity index (χ0n) is 14.9. The molecule has 0 heterocycles. The summed E-state index contributed by atoms with van der Waals surface area (Å²) in [5.74, 6) is 0.822. The van der Waals surface area contributed by atoms with E-state index >= 15 is 0 Å². The minimum Gasteiger partial charge on any atom is -0.303 e. The molecule has 0 bridgehead atoms. The van der Waals surface area contributed by atoms with Crippen LogP contribution in [0.15, 0.2) is 34.9 Å². The fourth-order valence-electron chi connectivity index (χ4n) is 3.21. The van der Waals surface area contributed by atoms with Gasteiger partial charge in [-0.1, -0.05) is 34.9 Å². The summed E-state index contributed by atoms with van der Waals surface area (Å²) in [6.07, 6.45) is 19.9. The summed E-state index contributed by atoms with van der Waals surface area (Å²) in [5.41, 5.74) is 4.59. The minimum absolute atomic E-state index is 0.739. The van der Waals surface area contributed by atoms with Crippen LogP contribution in [0.5, 0.6) is 0 Å². The normalized spacial score (nSPS) is 18.8. The highest BCUT2D eigenvalue weighted by atomic mass is 16.1. The Morgan fingerprint density at radius 2 is 2.00 bits per heavy atom. The van der Waals surface area contributed by atoms with Crippen LogP contribution in [-0.2, 0) is 4.79 Å². The first-order valence-corrected chi connectivity index (χ1v) is 9.02. The fraction of sp³-hybridized carbons (Fsp3) is 0.667. The van der Waals surface area contributed by atoms with Gasteiger partial charge in [-0.3, -0.25) is 0 Å². The first-order valence-electron chi connectivity index (χ1n) is 9.02. The van der Waals surface area contributed by atoms with Gasteiger partial charge >= 0.3 is 0 Å². The minimum atomic E-state index is 0.739. The van der Waals surface area contributed by atoms with Gasteiger partial charge in [0.2, 0.25) is 0 Å². The van der Waals surface area contributed by atoms with Gasteiger partial charge in [0.15, 0.2) is 0 Å². The Morgan fingerprint density at radius 3 is 2.73 bits per heavy atom. The molecular weight excluding hydrogens is 268 g/mol. The van der Waals surface area contributed by atoms with Gasteiger partial charge in [-0.25, -0.2) is 0 Å². The molecule has 1 unspecified atom stereocenters. The Bertz CT molecular complexity index is 408. The summed E-state index contributed by atoms with van der Waals surface area (Å²) in [6.45, 7) is 6.59. The molecule has 1 aliphatic carbocycles. The van der Waals surface area contributed by atoms with Crippen molar-refractivity contribution in [2.45, 2.75) is 85.0 Å². The fourth-order valence-corrected chi connectivity index (χ4v) is 3.21. The summed E-state index contributed by atoms with van der Waals surface area (Å²) < 4.78 is 0. The summed E-state index contributed by atoms with van der Waals surface area (Å²) in [7, 11) is 0. The highest BCUT2D eigenvalue weighted by Gasteiger charge is 2.14. The molecule has 0 saturated heterocycles. The molecule has 1 rings (SSSR count). The number of rotatable bonds is 10. The number of hydrogen-bond acceptors (Lipinski definition) is 1. The van der Waals surface area contributed by atoms with Gasteiger partial charge in [0.05, 0.1) is 0 Å². The van der Waals surface area contributed by atoms with Crippen molar-refractivity contribution in [1.82, 2.24) is 0 Å². The van der Waals surface area contributed by atoms with E-state index in [1.807, 2.05) is 0 Å². The molecule has 0 aromatic heterocycles. The number of allylic oxidation sites excluding steroid dienone is 6. The molecule has 22 heavy (non-hydrogen) atoms. The quantitative estimate of drug-likeness (QED) is 0.254. The standard InChI is InChI=1S/C21H34O/c1-18(2)9-6-10-19(3)11-7-13-21-15-8-14-20(17-21)12-4-5-16-22/h9,11,15-16,20H,4-8,10,12-14,17H2,1-3H3/b19-11+. The van der Waals surface area contributed by atoms with E-state index in [0.29, 0.717) is 0 Å². The number of unbranched alkanes of at least 4 members (excludes halogenated alkanes) is 1. The molecule has 0 aliphatic heterocycles. The Balaban J connectivity index is 2.24. The molecule has 0 spiro atoms. The number of carbonyl (C=O) groups excluding carboxylic acids is 1. The van der Waals surface area contributed by atoms with E-state index in [2.05, 4.69) is 39.0 Å². The van der Waals surface area contributed by atoms with E-state index in [1.165, 1.54) is 62.5 Å². The maximum atomic E-state index is 10.4. The molecule has 1 heteroatoms. The van der Waals surface area contributed by atoms with E-state index in [1.54, 1.807) is 5.57 Å². The predicted molar refractivity (Wildman–Crippen MR) is 97.0 cm³/mol. The zero-order valence-corrected chi connectivity index (χ0v) is 14.9. The lowest BCUT2D eigenvalue weighted by Gasteiger charge is -2.22. The van der Waals surface area contributed by atoms with Crippen LogP contribution in [0.25, 0.3) is 0 Å². The maximum absolute atomic E-state index is 10.4. The van der Waals surface area contributed by atoms with Gasteiger partial charge in [0.1, 0.15) is 6.29 Å². The number of aldehydes is 1. The molecule has 1 aliphatic rings. The zero-order chi connectivity index (χ0) is 16.2. The second-order valence-corrected chi connectivity index (χ2v) is 7.02. The van der Waals surface area contributed by atoms with Crippen LogP contribution >= 0.6 is 0 Å². The molecular formula is C21H34O. The highest BCUT2D eigenvalue weighted by molar-refractivity contribution is 5.48. The van der Waals surface area contributed by atoms with E-state index in [9.17, 15) is 4.79 Å². The van der Waals surface area contributed by atoms with Crippen LogP contribution in [0, 0.1) is 5.92 Å². The number of hydrogen-bond donors (Lipinski definition) is 0. The second kappa shape index (κ2) is 11.5. The SMILES string of the molecule is CC(C)=CCC/C(C)=C/CCC1=CCCC(CCCC=O)C1. The topological polar surface area (TPSA) is 17.1 Å². The molecule has 0 fully saturated rings. The summed E-state index contributed by atoms with van der Waals surface area (Å²) in [6, 6.07) is 0. The summed E-state index contributed by atoms with van der Waals surface area (Å²) >= 11 is 0. The highest BCUT2D eigenvalue weighted by Crippen LogP contribution is 2.30. The van der Waals surface area contributed by atoms with Crippen LogP contribution in [-0.4, -0.2) is 6.29 Å². The monoisotopic (exact) mass is 302 g/mol. The molecule has 0 aromatic rings. The van der Waals surface area contributed by atoms with Gasteiger partial charge in [-0.05, 0) is 84.5 Å². The Hall–Kier alpha value is -1.11. The largest absolute Gasteiger partial charge is 0.303 e. The van der Waals surface area contributed by atoms with Crippen molar-refractivity contribution in [3.8, 4) is 0 Å². The molecule has 1 nitrogen and oxygen atoms in total. The van der Waals surface area contributed by atoms with E-state index in [-0.39, 0.29) is 0 Å². The first kappa shape index (κ1) is 18.9. The molecule has 0 saturated carbocycles. The van der Waals surface area contributed by atoms with Crippen LogP contribution in [0.4, 0.5) is 0 Å². The lowest BCUT2D eigenvalue weighted by Crippen LogP contribution is -2.07. The number of carbonyl (C=O) groups is 1. The Labute approximate surface area is 137 Å². The van der Waals surface area contributed by atoms with Gasteiger partial charge in [-0.15, -0.1) is 0 Å². The lowest BCUT2D eigenvalue weighted by atomic mass is 9.84. The van der Waals surface area contributed by atoms with Crippen LogP contribution < -0.4 is 0 Å². The summed E-state index contributed by atoms with van der Waals surface area (Å²) in [4.78, 5) is 10.4. The Kier molecular flexibility index (Phi) is 9.86. The van der Waals surface area contributed by atoms with Crippen LogP contribution in [0.3, 0.4) is 0 Å². The first-order chi connectivity index (χ1) is 10.6. The van der Waals surface area contributed by atoms with Crippen LogP contribution in [0.1, 0.15) is 85.0 Å². The van der Waals surface area contributed by atoms with Gasteiger partial charge in [0, 0.05) is 6.42 Å². The Morgan fingerprint density at radius 1 is 1.18 bits per heavy atom. The molecule has 124 valence electrons. The second-order valence-electron chi connectivity index (χ2n) is 7.02. The van der Waals surface area contributed by atoms with Crippen molar-refractivity contribution in [3.63, 3.8) is 0 Å². The molecule has 0 N–H and O–H groups in total. The van der Waals surface area contributed by atoms with Crippen molar-refractivity contribution in [2.75, 3.05) is 0 Å². The maximum Gasteiger partial charge on any atom is 0.119 e. The third kappa shape index (κ3) is 9.02. The van der Waals surface area contributed by atoms with E-state index in [0.717, 1.165) is 25.0 Å². The van der Waals surface area contributed by atoms with Crippen molar-refractivity contribution in [2.24, 2.45) is 5.92 Å². The molecule has 0 radical (unpaired) electrons. The average molecular weight is 303 g/mol. The lowest BCUT2D eigenvalue weighted by molar-refractivity contribution is -0.108.